The molecule has 0 aromatic rings. The molecule has 1 saturated heterocycles. The third-order valence-electron chi connectivity index (χ3n) is 3.08. The monoisotopic (exact) mass is 243 g/mol. The van der Waals surface area contributed by atoms with Crippen molar-refractivity contribution in [1.82, 2.24) is 15.5 Å². The zero-order chi connectivity index (χ0) is 12.5. The van der Waals surface area contributed by atoms with Gasteiger partial charge < -0.3 is 15.4 Å². The highest BCUT2D eigenvalue weighted by molar-refractivity contribution is 5.75. The highest BCUT2D eigenvalue weighted by Gasteiger charge is 2.18. The maximum atomic E-state index is 11.0. The summed E-state index contributed by atoms with van der Waals surface area (Å²) in [5.41, 5.74) is 0. The summed E-state index contributed by atoms with van der Waals surface area (Å²) in [5, 5.41) is 5.97. The van der Waals surface area contributed by atoms with Gasteiger partial charge in [0.1, 0.15) is 0 Å². The lowest BCUT2D eigenvalue weighted by molar-refractivity contribution is -0.120. The van der Waals surface area contributed by atoms with E-state index >= 15 is 0 Å². The van der Waals surface area contributed by atoms with Gasteiger partial charge in [0.15, 0.2) is 0 Å². The molecule has 0 saturated carbocycles. The van der Waals surface area contributed by atoms with Crippen LogP contribution in [0.25, 0.3) is 0 Å². The fraction of sp³-hybridized carbons (Fsp3) is 0.917. The minimum absolute atomic E-state index is 0.109. The maximum Gasteiger partial charge on any atom is 0.219 e. The van der Waals surface area contributed by atoms with Crippen LogP contribution < -0.4 is 10.6 Å². The molecule has 0 radical (unpaired) electrons. The van der Waals surface area contributed by atoms with Crippen molar-refractivity contribution >= 4 is 5.91 Å². The van der Waals surface area contributed by atoms with Gasteiger partial charge in [-0.2, -0.15) is 0 Å². The largest absolute Gasteiger partial charge is 0.374 e. The number of hydrogen-bond acceptors (Lipinski definition) is 4. The number of ether oxygens (including phenoxy) is 1. The van der Waals surface area contributed by atoms with Gasteiger partial charge in [-0.25, -0.2) is 0 Å². The summed E-state index contributed by atoms with van der Waals surface area (Å²) in [5.74, 6) is 0.109. The molecule has 1 fully saturated rings. The van der Waals surface area contributed by atoms with E-state index in [0.717, 1.165) is 45.8 Å². The Hall–Kier alpha value is -0.650. The summed E-state index contributed by atoms with van der Waals surface area (Å²) in [6.45, 7) is 7.92. The molecule has 17 heavy (non-hydrogen) atoms. The van der Waals surface area contributed by atoms with Gasteiger partial charge in [-0.05, 0) is 19.5 Å². The van der Waals surface area contributed by atoms with Crippen molar-refractivity contribution in [2.75, 3.05) is 46.4 Å². The Morgan fingerprint density at radius 3 is 3.06 bits per heavy atom. The SMILES string of the molecule is CCN1CCOC(CNCCCC(=O)NC)C1. The summed E-state index contributed by atoms with van der Waals surface area (Å²) in [6, 6.07) is 0. The number of hydrogen-bond donors (Lipinski definition) is 2. The molecule has 1 aliphatic heterocycles. The molecule has 1 rings (SSSR count). The molecule has 0 aliphatic carbocycles. The van der Waals surface area contributed by atoms with Crippen LogP contribution in [-0.2, 0) is 9.53 Å². The molecule has 1 aliphatic rings. The minimum atomic E-state index is 0.109. The Morgan fingerprint density at radius 2 is 2.35 bits per heavy atom. The van der Waals surface area contributed by atoms with Crippen LogP contribution in [0.5, 0.6) is 0 Å². The first kappa shape index (κ1) is 14.4. The molecular formula is C12H25N3O2. The Balaban J connectivity index is 2.00. The maximum absolute atomic E-state index is 11.0. The smallest absolute Gasteiger partial charge is 0.219 e. The average molecular weight is 243 g/mol. The van der Waals surface area contributed by atoms with Gasteiger partial charge in [0.05, 0.1) is 12.7 Å². The van der Waals surface area contributed by atoms with Crippen LogP contribution in [0.15, 0.2) is 0 Å². The number of amides is 1. The second kappa shape index (κ2) is 8.44. The van der Waals surface area contributed by atoms with E-state index in [4.69, 9.17) is 4.74 Å². The van der Waals surface area contributed by atoms with E-state index in [-0.39, 0.29) is 5.91 Å². The zero-order valence-corrected chi connectivity index (χ0v) is 11.0. The van der Waals surface area contributed by atoms with Crippen LogP contribution in [0.4, 0.5) is 0 Å². The molecule has 100 valence electrons. The highest BCUT2D eigenvalue weighted by Crippen LogP contribution is 2.03. The molecule has 0 aromatic heterocycles. The van der Waals surface area contributed by atoms with E-state index < -0.39 is 0 Å². The molecular weight excluding hydrogens is 218 g/mol. The lowest BCUT2D eigenvalue weighted by atomic mass is 10.2. The minimum Gasteiger partial charge on any atom is -0.374 e. The molecule has 1 unspecified atom stereocenters. The predicted molar refractivity (Wildman–Crippen MR) is 68.0 cm³/mol. The van der Waals surface area contributed by atoms with Gasteiger partial charge in [-0.1, -0.05) is 6.92 Å². The Labute approximate surface area is 104 Å². The summed E-state index contributed by atoms with van der Waals surface area (Å²) in [4.78, 5) is 13.4. The molecule has 0 bridgehead atoms. The van der Waals surface area contributed by atoms with E-state index in [0.29, 0.717) is 12.5 Å². The van der Waals surface area contributed by atoms with Crippen LogP contribution in [0.2, 0.25) is 0 Å². The molecule has 1 heterocycles. The van der Waals surface area contributed by atoms with E-state index in [2.05, 4.69) is 22.5 Å². The Morgan fingerprint density at radius 1 is 1.53 bits per heavy atom. The molecule has 0 spiro atoms. The van der Waals surface area contributed by atoms with Gasteiger partial charge in [0.2, 0.25) is 5.91 Å². The lowest BCUT2D eigenvalue weighted by Gasteiger charge is -2.32. The van der Waals surface area contributed by atoms with Crippen molar-refractivity contribution in [2.45, 2.75) is 25.9 Å². The standard InChI is InChI=1S/C12H25N3O2/c1-3-15-7-8-17-11(10-15)9-14-6-4-5-12(16)13-2/h11,14H,3-10H2,1-2H3,(H,13,16). The number of carbonyl (C=O) groups excluding carboxylic acids is 1. The molecule has 1 amide bonds. The molecule has 5 heteroatoms. The van der Waals surface area contributed by atoms with Crippen molar-refractivity contribution in [3.63, 3.8) is 0 Å². The third-order valence-corrected chi connectivity index (χ3v) is 3.08. The fourth-order valence-electron chi connectivity index (χ4n) is 1.95. The van der Waals surface area contributed by atoms with Gasteiger partial charge in [-0.15, -0.1) is 0 Å². The zero-order valence-electron chi connectivity index (χ0n) is 11.0. The fourth-order valence-corrected chi connectivity index (χ4v) is 1.95. The number of likely N-dealkylation sites (N-methyl/N-ethyl adjacent to an activating group) is 1. The van der Waals surface area contributed by atoms with E-state index in [1.165, 1.54) is 0 Å². The van der Waals surface area contributed by atoms with Crippen molar-refractivity contribution in [2.24, 2.45) is 0 Å². The van der Waals surface area contributed by atoms with Crippen LogP contribution in [0, 0.1) is 0 Å². The predicted octanol–water partition coefficient (Wildman–Crippen LogP) is -0.177. The second-order valence-corrected chi connectivity index (χ2v) is 4.37. The average Bonchev–Trinajstić information content (AvgIpc) is 2.38. The van der Waals surface area contributed by atoms with Crippen LogP contribution in [0.1, 0.15) is 19.8 Å². The quantitative estimate of drug-likeness (QED) is 0.609. The van der Waals surface area contributed by atoms with Gasteiger partial charge in [-0.3, -0.25) is 9.69 Å². The Bertz CT molecular complexity index is 224. The molecule has 0 aromatic carbocycles. The van der Waals surface area contributed by atoms with Crippen LogP contribution >= 0.6 is 0 Å². The number of nitrogens with one attached hydrogen (secondary N) is 2. The van der Waals surface area contributed by atoms with Crippen molar-refractivity contribution in [3.8, 4) is 0 Å². The van der Waals surface area contributed by atoms with Gasteiger partial charge >= 0.3 is 0 Å². The topological polar surface area (TPSA) is 53.6 Å². The Kier molecular flexibility index (Phi) is 7.16. The van der Waals surface area contributed by atoms with Gasteiger partial charge in [0, 0.05) is 33.1 Å². The first-order valence-corrected chi connectivity index (χ1v) is 6.51. The highest BCUT2D eigenvalue weighted by atomic mass is 16.5. The number of carbonyl (C=O) groups is 1. The van der Waals surface area contributed by atoms with E-state index in [9.17, 15) is 4.79 Å². The normalized spacial score (nSPS) is 21.4. The number of rotatable bonds is 7. The summed E-state index contributed by atoms with van der Waals surface area (Å²) >= 11 is 0. The van der Waals surface area contributed by atoms with Crippen molar-refractivity contribution < 1.29 is 9.53 Å². The van der Waals surface area contributed by atoms with Crippen molar-refractivity contribution in [3.05, 3.63) is 0 Å². The van der Waals surface area contributed by atoms with Crippen LogP contribution in [-0.4, -0.2) is 63.3 Å². The number of morpholine rings is 1. The summed E-state index contributed by atoms with van der Waals surface area (Å²) in [7, 11) is 1.67. The molecule has 5 nitrogen and oxygen atoms in total. The number of nitrogens with zero attached hydrogens (tertiary/aromatic N) is 1. The second-order valence-electron chi connectivity index (χ2n) is 4.37. The summed E-state index contributed by atoms with van der Waals surface area (Å²) < 4.78 is 5.68. The third kappa shape index (κ3) is 6.00. The molecule has 1 atom stereocenters. The van der Waals surface area contributed by atoms with Crippen LogP contribution in [0.3, 0.4) is 0 Å². The van der Waals surface area contributed by atoms with E-state index in [1.54, 1.807) is 7.05 Å². The first-order chi connectivity index (χ1) is 8.26. The summed E-state index contributed by atoms with van der Waals surface area (Å²) in [6.07, 6.45) is 1.77. The lowest BCUT2D eigenvalue weighted by Crippen LogP contribution is -2.46. The molecule has 2 N–H and O–H groups in total. The first-order valence-electron chi connectivity index (χ1n) is 6.51. The van der Waals surface area contributed by atoms with Crippen molar-refractivity contribution in [1.29, 1.82) is 0 Å². The van der Waals surface area contributed by atoms with Gasteiger partial charge in [0.25, 0.3) is 0 Å². The van der Waals surface area contributed by atoms with E-state index in [1.807, 2.05) is 0 Å².